The van der Waals surface area contributed by atoms with Crippen molar-refractivity contribution in [2.45, 2.75) is 24.1 Å². The van der Waals surface area contributed by atoms with Gasteiger partial charge in [0, 0.05) is 10.5 Å². The summed E-state index contributed by atoms with van der Waals surface area (Å²) in [4.78, 5) is 0. The van der Waals surface area contributed by atoms with Crippen molar-refractivity contribution in [3.05, 3.63) is 59.8 Å². The van der Waals surface area contributed by atoms with E-state index < -0.39 is 15.7 Å². The molecule has 0 aromatic carbocycles. The predicted octanol–water partition coefficient (Wildman–Crippen LogP) is 2.63. The normalized spacial score (nSPS) is 22.4. The van der Waals surface area contributed by atoms with Gasteiger partial charge in [-0.05, 0) is 25.0 Å². The van der Waals surface area contributed by atoms with Crippen molar-refractivity contribution in [3.8, 4) is 0 Å². The van der Waals surface area contributed by atoms with Crippen LogP contribution in [0.3, 0.4) is 0 Å². The van der Waals surface area contributed by atoms with Crippen LogP contribution in [0.25, 0.3) is 0 Å². The second kappa shape index (κ2) is 6.20. The van der Waals surface area contributed by atoms with Crippen LogP contribution in [0.5, 0.6) is 0 Å². The summed E-state index contributed by atoms with van der Waals surface area (Å²) in [6.07, 6.45) is 16.1. The fourth-order valence-electron chi connectivity index (χ4n) is 2.12. The quantitative estimate of drug-likeness (QED) is 0.770. The molecule has 0 amide bonds. The molecule has 0 bridgehead atoms. The first-order chi connectivity index (χ1) is 10.1. The summed E-state index contributed by atoms with van der Waals surface area (Å²) in [6.45, 7) is 3.95. The average Bonchev–Trinajstić information content (AvgIpc) is 2.61. The molecule has 2 aliphatic carbocycles. The molecule has 0 spiro atoms. The summed E-state index contributed by atoms with van der Waals surface area (Å²) in [5, 5.41) is 0. The Hall–Kier alpha value is -1.08. The van der Waals surface area contributed by atoms with E-state index >= 15 is 0 Å². The summed E-state index contributed by atoms with van der Waals surface area (Å²) in [5.41, 5.74) is 7.78. The third-order valence-electron chi connectivity index (χ3n) is 3.52. The Morgan fingerprint density at radius 3 is 1.95 bits per heavy atom. The van der Waals surface area contributed by atoms with Gasteiger partial charge in [0.1, 0.15) is 0 Å². The van der Waals surface area contributed by atoms with E-state index in [1.807, 2.05) is 62.5 Å². The topological polar surface area (TPSA) is 80.4 Å². The molecule has 0 aromatic rings. The van der Waals surface area contributed by atoms with Gasteiger partial charge in [0.2, 0.25) is 0 Å². The highest BCUT2D eigenvalue weighted by molar-refractivity contribution is 8.01. The fraction of sp³-hybridized carbons (Fsp3) is 0.375. The lowest BCUT2D eigenvalue weighted by Gasteiger charge is -2.20. The molecule has 0 aliphatic heterocycles. The lowest BCUT2D eigenvalue weighted by atomic mass is 10.0. The third-order valence-corrected chi connectivity index (χ3v) is 5.80. The Labute approximate surface area is 136 Å². The monoisotopic (exact) mass is 339 g/mol. The van der Waals surface area contributed by atoms with Gasteiger partial charge in [0.15, 0.2) is 0 Å². The van der Waals surface area contributed by atoms with E-state index in [2.05, 4.69) is 0 Å². The van der Waals surface area contributed by atoms with Crippen LogP contribution in [-0.4, -0.2) is 34.8 Å². The van der Waals surface area contributed by atoms with Gasteiger partial charge >= 0.3 is 0 Å². The standard InChI is InChI=1S/C16H21NO3S2/c1-15(17)7-3-13-5-9-16(2,10-6-14(13)4-8-15)21-11-12-22(18,19)20/h3-10H,11-12,17H2,1-2H3,(H,18,19,20). The molecule has 0 saturated carbocycles. The van der Waals surface area contributed by atoms with Crippen molar-refractivity contribution in [2.24, 2.45) is 5.73 Å². The van der Waals surface area contributed by atoms with Gasteiger partial charge in [0.25, 0.3) is 10.1 Å². The van der Waals surface area contributed by atoms with Crippen LogP contribution in [0.2, 0.25) is 0 Å². The highest BCUT2D eigenvalue weighted by atomic mass is 32.2. The Morgan fingerprint density at radius 2 is 1.50 bits per heavy atom. The van der Waals surface area contributed by atoms with Crippen LogP contribution in [0.1, 0.15) is 13.8 Å². The summed E-state index contributed by atoms with van der Waals surface area (Å²) in [7, 11) is -3.92. The lowest BCUT2D eigenvalue weighted by molar-refractivity contribution is 0.485. The molecule has 0 radical (unpaired) electrons. The van der Waals surface area contributed by atoms with Crippen LogP contribution >= 0.6 is 11.8 Å². The van der Waals surface area contributed by atoms with Crippen LogP contribution < -0.4 is 5.73 Å². The first-order valence-corrected chi connectivity index (χ1v) is 9.57. The van der Waals surface area contributed by atoms with E-state index in [1.54, 1.807) is 0 Å². The minimum Gasteiger partial charge on any atom is -0.319 e. The van der Waals surface area contributed by atoms with Crippen LogP contribution in [-0.2, 0) is 10.1 Å². The van der Waals surface area contributed by atoms with E-state index in [4.69, 9.17) is 10.3 Å². The molecule has 6 heteroatoms. The highest BCUT2D eigenvalue weighted by Gasteiger charge is 2.22. The molecule has 2 rings (SSSR count). The molecule has 0 saturated heterocycles. The predicted molar refractivity (Wildman–Crippen MR) is 93.5 cm³/mol. The van der Waals surface area contributed by atoms with Crippen LogP contribution in [0.15, 0.2) is 59.8 Å². The van der Waals surface area contributed by atoms with E-state index in [0.29, 0.717) is 5.75 Å². The number of thioether (sulfide) groups is 1. The summed E-state index contributed by atoms with van der Waals surface area (Å²) in [5.74, 6) is 0.0919. The number of rotatable bonds is 4. The van der Waals surface area contributed by atoms with Gasteiger partial charge in [-0.1, -0.05) is 48.6 Å². The zero-order valence-electron chi connectivity index (χ0n) is 12.7. The van der Waals surface area contributed by atoms with Gasteiger partial charge in [0.05, 0.1) is 11.3 Å². The summed E-state index contributed by atoms with van der Waals surface area (Å²) >= 11 is 1.48. The molecule has 2 aliphatic rings. The number of hydrogen-bond donors (Lipinski definition) is 2. The minimum atomic E-state index is -3.92. The Kier molecular flexibility index (Phi) is 4.87. The molecular weight excluding hydrogens is 318 g/mol. The lowest BCUT2D eigenvalue weighted by Crippen LogP contribution is -2.30. The maximum absolute atomic E-state index is 10.8. The smallest absolute Gasteiger partial charge is 0.265 e. The highest BCUT2D eigenvalue weighted by Crippen LogP contribution is 2.33. The van der Waals surface area contributed by atoms with Gasteiger partial charge in [-0.3, -0.25) is 4.55 Å². The van der Waals surface area contributed by atoms with Gasteiger partial charge in [-0.25, -0.2) is 0 Å². The molecule has 3 N–H and O–H groups in total. The molecule has 22 heavy (non-hydrogen) atoms. The van der Waals surface area contributed by atoms with E-state index in [0.717, 1.165) is 11.1 Å². The van der Waals surface area contributed by atoms with Gasteiger partial charge in [-0.15, -0.1) is 11.8 Å². The Balaban J connectivity index is 2.14. The maximum atomic E-state index is 10.8. The first kappa shape index (κ1) is 17.3. The van der Waals surface area contributed by atoms with Crippen molar-refractivity contribution >= 4 is 21.9 Å². The third kappa shape index (κ3) is 4.98. The van der Waals surface area contributed by atoms with E-state index in [1.165, 1.54) is 11.8 Å². The largest absolute Gasteiger partial charge is 0.319 e. The van der Waals surface area contributed by atoms with Gasteiger partial charge in [-0.2, -0.15) is 8.42 Å². The van der Waals surface area contributed by atoms with E-state index in [-0.39, 0.29) is 10.5 Å². The second-order valence-corrected chi connectivity index (χ2v) is 9.08. The SMILES string of the molecule is CC1(N)C=CC2=C(C=C1)C=CC(C)(SCCS(=O)(=O)O)C=C2. The summed E-state index contributed by atoms with van der Waals surface area (Å²) < 4.78 is 30.1. The molecule has 0 fully saturated rings. The maximum Gasteiger partial charge on any atom is 0.265 e. The zero-order valence-corrected chi connectivity index (χ0v) is 14.3. The molecular formula is C16H21NO3S2. The first-order valence-electron chi connectivity index (χ1n) is 6.98. The second-order valence-electron chi connectivity index (χ2n) is 5.93. The van der Waals surface area contributed by atoms with Crippen molar-refractivity contribution in [1.82, 2.24) is 0 Å². The molecule has 0 heterocycles. The van der Waals surface area contributed by atoms with Crippen molar-refractivity contribution < 1.29 is 13.0 Å². The van der Waals surface area contributed by atoms with Crippen LogP contribution in [0.4, 0.5) is 0 Å². The Morgan fingerprint density at radius 1 is 1.05 bits per heavy atom. The van der Waals surface area contributed by atoms with Crippen LogP contribution in [0, 0.1) is 0 Å². The zero-order chi connectivity index (χ0) is 16.4. The van der Waals surface area contributed by atoms with E-state index in [9.17, 15) is 8.42 Å². The van der Waals surface area contributed by atoms with Gasteiger partial charge < -0.3 is 5.73 Å². The Bertz CT molecular complexity index is 659. The molecule has 0 aromatic heterocycles. The fourth-order valence-corrected chi connectivity index (χ4v) is 4.06. The van der Waals surface area contributed by atoms with Crippen molar-refractivity contribution in [1.29, 1.82) is 0 Å². The average molecular weight is 339 g/mol. The van der Waals surface area contributed by atoms with Crippen molar-refractivity contribution in [2.75, 3.05) is 11.5 Å². The summed E-state index contributed by atoms with van der Waals surface area (Å²) in [6, 6.07) is 0. The molecule has 120 valence electrons. The van der Waals surface area contributed by atoms with Crippen molar-refractivity contribution in [3.63, 3.8) is 0 Å². The number of hydrogen-bond acceptors (Lipinski definition) is 4. The minimum absolute atomic E-state index is 0.243. The molecule has 0 atom stereocenters. The molecule has 0 unspecified atom stereocenters. The number of nitrogens with two attached hydrogens (primary N) is 1. The molecule has 4 nitrogen and oxygen atoms in total. The number of allylic oxidation sites excluding steroid dienone is 6.